The van der Waals surface area contributed by atoms with E-state index < -0.39 is 5.25 Å². The molecule has 2 N–H and O–H groups in total. The molecule has 0 fully saturated rings. The lowest BCUT2D eigenvalue weighted by atomic mass is 10.2. The summed E-state index contributed by atoms with van der Waals surface area (Å²) < 4.78 is 15.1. The van der Waals surface area contributed by atoms with Crippen LogP contribution >= 0.6 is 11.8 Å². The third kappa shape index (κ3) is 6.40. The Hall–Kier alpha value is -3.91. The van der Waals surface area contributed by atoms with Crippen LogP contribution in [0.5, 0.6) is 0 Å². The van der Waals surface area contributed by atoms with Crippen molar-refractivity contribution in [2.24, 2.45) is 0 Å². The first-order chi connectivity index (χ1) is 17.3. The van der Waals surface area contributed by atoms with Crippen molar-refractivity contribution in [1.29, 1.82) is 0 Å². The van der Waals surface area contributed by atoms with Crippen molar-refractivity contribution in [3.63, 3.8) is 0 Å². The summed E-state index contributed by atoms with van der Waals surface area (Å²) in [5, 5.41) is 5.89. The van der Waals surface area contributed by atoms with Gasteiger partial charge >= 0.3 is 0 Å². The second kappa shape index (κ2) is 11.2. The highest BCUT2D eigenvalue weighted by Crippen LogP contribution is 2.28. The van der Waals surface area contributed by atoms with E-state index in [0.717, 1.165) is 16.8 Å². The van der Waals surface area contributed by atoms with Gasteiger partial charge in [-0.15, -0.1) is 0 Å². The summed E-state index contributed by atoms with van der Waals surface area (Å²) in [6, 6.07) is 21.1. The standard InChI is InChI=1S/C28H27FN4O2S/c1-18-7-6-9-23(15-18)30-26(34)17-33-16-25(21-11-13-22(29)14-12-21)32-28(33)36-20(3)27(35)31-24-10-5-4-8-19(24)2/h4-16,20H,17H2,1-3H3,(H,30,34)(H,31,35)/t20-/m0/s1. The van der Waals surface area contributed by atoms with Crippen LogP contribution in [0.4, 0.5) is 15.8 Å². The quantitative estimate of drug-likeness (QED) is 0.287. The summed E-state index contributed by atoms with van der Waals surface area (Å²) in [7, 11) is 0. The van der Waals surface area contributed by atoms with Gasteiger partial charge in [0.1, 0.15) is 12.4 Å². The summed E-state index contributed by atoms with van der Waals surface area (Å²) in [4.78, 5) is 30.4. The average molecular weight is 503 g/mol. The van der Waals surface area contributed by atoms with Gasteiger partial charge in [-0.1, -0.05) is 42.1 Å². The number of hydrogen-bond donors (Lipinski definition) is 2. The first-order valence-corrected chi connectivity index (χ1v) is 12.4. The molecule has 0 aliphatic heterocycles. The number of para-hydroxylation sites is 1. The number of carbonyl (C=O) groups is 2. The second-order valence-corrected chi connectivity index (χ2v) is 9.83. The Balaban J connectivity index is 1.55. The Morgan fingerprint density at radius 2 is 1.75 bits per heavy atom. The molecule has 0 saturated carbocycles. The van der Waals surface area contributed by atoms with Crippen molar-refractivity contribution < 1.29 is 14.0 Å². The predicted octanol–water partition coefficient (Wildman–Crippen LogP) is 6.06. The van der Waals surface area contributed by atoms with Gasteiger partial charge in [0, 0.05) is 23.1 Å². The fourth-order valence-electron chi connectivity index (χ4n) is 3.60. The molecule has 6 nitrogen and oxygen atoms in total. The number of amides is 2. The molecular formula is C28H27FN4O2S. The first kappa shape index (κ1) is 25.2. The summed E-state index contributed by atoms with van der Waals surface area (Å²) >= 11 is 1.26. The van der Waals surface area contributed by atoms with E-state index in [0.29, 0.717) is 22.1 Å². The van der Waals surface area contributed by atoms with Crippen LogP contribution in [0.3, 0.4) is 0 Å². The topological polar surface area (TPSA) is 76.0 Å². The van der Waals surface area contributed by atoms with E-state index in [-0.39, 0.29) is 24.2 Å². The van der Waals surface area contributed by atoms with Crippen LogP contribution in [0.15, 0.2) is 84.1 Å². The number of benzene rings is 3. The van der Waals surface area contributed by atoms with Crippen LogP contribution < -0.4 is 10.6 Å². The van der Waals surface area contributed by atoms with E-state index in [1.807, 2.05) is 62.4 Å². The highest BCUT2D eigenvalue weighted by Gasteiger charge is 2.21. The van der Waals surface area contributed by atoms with E-state index in [9.17, 15) is 14.0 Å². The second-order valence-electron chi connectivity index (χ2n) is 8.53. The highest BCUT2D eigenvalue weighted by atomic mass is 32.2. The number of carbonyl (C=O) groups excluding carboxylic acids is 2. The maximum absolute atomic E-state index is 13.4. The van der Waals surface area contributed by atoms with Crippen LogP contribution in [0.2, 0.25) is 0 Å². The predicted molar refractivity (Wildman–Crippen MR) is 143 cm³/mol. The van der Waals surface area contributed by atoms with Crippen LogP contribution in [-0.2, 0) is 16.1 Å². The molecule has 4 aromatic rings. The molecule has 36 heavy (non-hydrogen) atoms. The van der Waals surface area contributed by atoms with Gasteiger partial charge in [0.15, 0.2) is 5.16 Å². The normalized spacial score (nSPS) is 11.7. The third-order valence-corrected chi connectivity index (χ3v) is 6.65. The van der Waals surface area contributed by atoms with E-state index in [1.54, 1.807) is 29.8 Å². The number of aryl methyl sites for hydroxylation is 2. The molecule has 0 spiro atoms. The molecule has 0 radical (unpaired) electrons. The minimum Gasteiger partial charge on any atom is -0.325 e. The molecule has 0 saturated heterocycles. The van der Waals surface area contributed by atoms with Crippen molar-refractivity contribution in [1.82, 2.24) is 9.55 Å². The number of hydrogen-bond acceptors (Lipinski definition) is 4. The maximum atomic E-state index is 13.4. The lowest BCUT2D eigenvalue weighted by Gasteiger charge is -2.14. The van der Waals surface area contributed by atoms with Gasteiger partial charge < -0.3 is 15.2 Å². The highest BCUT2D eigenvalue weighted by molar-refractivity contribution is 8.00. The van der Waals surface area contributed by atoms with E-state index in [2.05, 4.69) is 15.6 Å². The molecule has 1 atom stereocenters. The van der Waals surface area contributed by atoms with Gasteiger partial charge in [0.2, 0.25) is 11.8 Å². The Morgan fingerprint density at radius 1 is 1.00 bits per heavy atom. The minimum atomic E-state index is -0.480. The zero-order valence-corrected chi connectivity index (χ0v) is 21.1. The van der Waals surface area contributed by atoms with Crippen molar-refractivity contribution in [3.8, 4) is 11.3 Å². The molecule has 184 valence electrons. The third-order valence-electron chi connectivity index (χ3n) is 5.55. The molecule has 0 bridgehead atoms. The molecule has 2 amide bonds. The van der Waals surface area contributed by atoms with Gasteiger partial charge in [-0.3, -0.25) is 9.59 Å². The largest absolute Gasteiger partial charge is 0.325 e. The molecule has 0 aliphatic carbocycles. The lowest BCUT2D eigenvalue weighted by Crippen LogP contribution is -2.24. The zero-order valence-electron chi connectivity index (χ0n) is 20.3. The minimum absolute atomic E-state index is 0.0105. The number of imidazole rings is 1. The smallest absolute Gasteiger partial charge is 0.244 e. The van der Waals surface area contributed by atoms with E-state index in [4.69, 9.17) is 0 Å². The van der Waals surface area contributed by atoms with Crippen LogP contribution in [0, 0.1) is 19.7 Å². The summed E-state index contributed by atoms with van der Waals surface area (Å²) in [6.45, 7) is 5.69. The van der Waals surface area contributed by atoms with Gasteiger partial charge in [-0.25, -0.2) is 9.37 Å². The average Bonchev–Trinajstić information content (AvgIpc) is 3.22. The van der Waals surface area contributed by atoms with Crippen LogP contribution in [-0.4, -0.2) is 26.6 Å². The Kier molecular flexibility index (Phi) is 7.85. The number of rotatable bonds is 8. The SMILES string of the molecule is Cc1cccc(NC(=O)Cn2cc(-c3ccc(F)cc3)nc2S[C@@H](C)C(=O)Nc2ccccc2C)c1. The number of halogens is 1. The number of anilines is 2. The molecule has 4 rings (SSSR count). The maximum Gasteiger partial charge on any atom is 0.244 e. The van der Waals surface area contributed by atoms with Gasteiger partial charge in [-0.05, 0) is 74.4 Å². The fourth-order valence-corrected chi connectivity index (χ4v) is 4.49. The monoisotopic (exact) mass is 502 g/mol. The molecule has 8 heteroatoms. The molecule has 1 aromatic heterocycles. The van der Waals surface area contributed by atoms with Gasteiger partial charge in [0.05, 0.1) is 10.9 Å². The number of aromatic nitrogens is 2. The number of nitrogens with one attached hydrogen (secondary N) is 2. The van der Waals surface area contributed by atoms with E-state index in [1.165, 1.54) is 23.9 Å². The zero-order chi connectivity index (χ0) is 25.7. The molecule has 3 aromatic carbocycles. The number of nitrogens with zero attached hydrogens (tertiary/aromatic N) is 2. The van der Waals surface area contributed by atoms with Crippen molar-refractivity contribution in [2.45, 2.75) is 37.7 Å². The summed E-state index contributed by atoms with van der Waals surface area (Å²) in [6.07, 6.45) is 1.75. The number of thioether (sulfide) groups is 1. The van der Waals surface area contributed by atoms with Crippen molar-refractivity contribution >= 4 is 35.0 Å². The van der Waals surface area contributed by atoms with Crippen LogP contribution in [0.1, 0.15) is 18.1 Å². The molecule has 0 unspecified atom stereocenters. The molecule has 0 aliphatic rings. The van der Waals surface area contributed by atoms with Crippen molar-refractivity contribution in [2.75, 3.05) is 10.6 Å². The first-order valence-electron chi connectivity index (χ1n) is 11.5. The Morgan fingerprint density at radius 3 is 2.47 bits per heavy atom. The Labute approximate surface area is 214 Å². The van der Waals surface area contributed by atoms with Crippen LogP contribution in [0.25, 0.3) is 11.3 Å². The van der Waals surface area contributed by atoms with E-state index >= 15 is 0 Å². The lowest BCUT2D eigenvalue weighted by molar-refractivity contribution is -0.117. The summed E-state index contributed by atoms with van der Waals surface area (Å²) in [5.74, 6) is -0.731. The molecular weight excluding hydrogens is 475 g/mol. The molecule has 1 heterocycles. The van der Waals surface area contributed by atoms with Gasteiger partial charge in [0.25, 0.3) is 0 Å². The van der Waals surface area contributed by atoms with Crippen molar-refractivity contribution in [3.05, 3.63) is 95.9 Å². The van der Waals surface area contributed by atoms with Gasteiger partial charge in [-0.2, -0.15) is 0 Å². The summed E-state index contributed by atoms with van der Waals surface area (Å²) in [5.41, 5.74) is 4.78. The Bertz CT molecular complexity index is 1380. The fraction of sp³-hybridized carbons (Fsp3) is 0.179.